The van der Waals surface area contributed by atoms with E-state index in [4.69, 9.17) is 0 Å². The van der Waals surface area contributed by atoms with E-state index in [0.717, 1.165) is 6.42 Å². The van der Waals surface area contributed by atoms with Gasteiger partial charge >= 0.3 is 5.97 Å². The monoisotopic (exact) mass is 172 g/mol. The van der Waals surface area contributed by atoms with Crippen LogP contribution in [0.3, 0.4) is 0 Å². The minimum Gasteiger partial charge on any atom is -0.461 e. The Bertz CT molecular complexity index is 211. The number of allylic oxidation sites excluding steroid dienone is 1. The maximum absolute atomic E-state index is 12.8. The van der Waals surface area contributed by atoms with Gasteiger partial charge in [0.1, 0.15) is 0 Å². The second kappa shape index (κ2) is 3.70. The van der Waals surface area contributed by atoms with Crippen molar-refractivity contribution in [3.05, 3.63) is 11.9 Å². The molecular weight excluding hydrogens is 159 g/mol. The lowest BCUT2D eigenvalue weighted by atomic mass is 10.3. The molecule has 0 aromatic heterocycles. The van der Waals surface area contributed by atoms with E-state index in [-0.39, 0.29) is 12.5 Å². The highest BCUT2D eigenvalue weighted by molar-refractivity contribution is 5.85. The molecule has 1 rings (SSSR count). The van der Waals surface area contributed by atoms with E-state index in [9.17, 15) is 9.18 Å². The molecule has 0 radical (unpaired) electrons. The molecule has 2 atom stereocenters. The van der Waals surface area contributed by atoms with Crippen LogP contribution in [0.15, 0.2) is 11.9 Å². The fourth-order valence-electron chi connectivity index (χ4n) is 1.04. The summed E-state index contributed by atoms with van der Waals surface area (Å²) >= 11 is 0. The highest BCUT2D eigenvalue weighted by atomic mass is 19.1. The van der Waals surface area contributed by atoms with Crippen LogP contribution < -0.4 is 0 Å². The quantitative estimate of drug-likeness (QED) is 0.481. The minimum atomic E-state index is -0.836. The number of carbonyl (C=O) groups excluding carboxylic acids is 1. The van der Waals surface area contributed by atoms with Gasteiger partial charge in [-0.15, -0.1) is 0 Å². The summed E-state index contributed by atoms with van der Waals surface area (Å²) in [5.74, 6) is -0.817. The first-order chi connectivity index (χ1) is 5.65. The molecule has 0 aromatic rings. The lowest BCUT2D eigenvalue weighted by Gasteiger charge is -1.97. The molecule has 2 nitrogen and oxygen atoms in total. The average Bonchev–Trinajstić information content (AvgIpc) is 2.67. The molecule has 0 aliphatic heterocycles. The summed E-state index contributed by atoms with van der Waals surface area (Å²) in [7, 11) is 0. The summed E-state index contributed by atoms with van der Waals surface area (Å²) in [5.41, 5.74) is 0. The van der Waals surface area contributed by atoms with Gasteiger partial charge in [-0.3, -0.25) is 0 Å². The summed E-state index contributed by atoms with van der Waals surface area (Å²) in [6.07, 6.45) is 2.34. The van der Waals surface area contributed by atoms with Crippen LogP contribution >= 0.6 is 0 Å². The Hall–Kier alpha value is -0.860. The van der Waals surface area contributed by atoms with Gasteiger partial charge in [0.25, 0.3) is 0 Å². The van der Waals surface area contributed by atoms with E-state index in [1.165, 1.54) is 6.08 Å². The van der Waals surface area contributed by atoms with Crippen molar-refractivity contribution in [1.82, 2.24) is 0 Å². The topological polar surface area (TPSA) is 26.3 Å². The highest BCUT2D eigenvalue weighted by Crippen LogP contribution is 2.39. The third-order valence-corrected chi connectivity index (χ3v) is 2.00. The zero-order valence-electron chi connectivity index (χ0n) is 7.34. The first kappa shape index (κ1) is 9.23. The summed E-state index contributed by atoms with van der Waals surface area (Å²) < 4.78 is 17.3. The van der Waals surface area contributed by atoms with Gasteiger partial charge in [0, 0.05) is 0 Å². The Morgan fingerprint density at radius 2 is 2.33 bits per heavy atom. The molecular formula is C9H13FO2. The number of halogens is 1. The van der Waals surface area contributed by atoms with E-state index >= 15 is 0 Å². The van der Waals surface area contributed by atoms with Crippen LogP contribution in [0.5, 0.6) is 0 Å². The van der Waals surface area contributed by atoms with Gasteiger partial charge in [0.05, 0.1) is 6.61 Å². The third kappa shape index (κ3) is 2.32. The van der Waals surface area contributed by atoms with Gasteiger partial charge in [-0.2, -0.15) is 4.39 Å². The van der Waals surface area contributed by atoms with Gasteiger partial charge < -0.3 is 4.74 Å². The maximum atomic E-state index is 12.8. The van der Waals surface area contributed by atoms with Crippen molar-refractivity contribution >= 4 is 5.97 Å². The second-order valence-electron chi connectivity index (χ2n) is 3.11. The van der Waals surface area contributed by atoms with E-state index < -0.39 is 11.8 Å². The lowest BCUT2D eigenvalue weighted by molar-refractivity contribution is -0.140. The molecule has 1 aliphatic carbocycles. The molecule has 0 bridgehead atoms. The lowest BCUT2D eigenvalue weighted by Crippen LogP contribution is -2.04. The number of rotatable bonds is 3. The van der Waals surface area contributed by atoms with E-state index in [2.05, 4.69) is 4.74 Å². The predicted octanol–water partition coefficient (Wildman–Crippen LogP) is 2.06. The number of ether oxygens (including phenoxy) is 1. The third-order valence-electron chi connectivity index (χ3n) is 2.00. The largest absolute Gasteiger partial charge is 0.461 e. The van der Waals surface area contributed by atoms with Gasteiger partial charge in [-0.1, -0.05) is 6.92 Å². The Morgan fingerprint density at radius 3 is 2.75 bits per heavy atom. The predicted molar refractivity (Wildman–Crippen MR) is 43.1 cm³/mol. The van der Waals surface area contributed by atoms with Crippen LogP contribution in [0.25, 0.3) is 0 Å². The molecule has 0 N–H and O–H groups in total. The van der Waals surface area contributed by atoms with Crippen molar-refractivity contribution in [2.75, 3.05) is 6.61 Å². The first-order valence-electron chi connectivity index (χ1n) is 4.19. The number of esters is 1. The minimum absolute atomic E-state index is 0.223. The second-order valence-corrected chi connectivity index (χ2v) is 3.11. The summed E-state index contributed by atoms with van der Waals surface area (Å²) in [4.78, 5) is 10.7. The van der Waals surface area contributed by atoms with Crippen LogP contribution in [0, 0.1) is 11.8 Å². The van der Waals surface area contributed by atoms with Crippen molar-refractivity contribution in [3.8, 4) is 0 Å². The molecule has 1 fully saturated rings. The molecule has 68 valence electrons. The molecule has 12 heavy (non-hydrogen) atoms. The Morgan fingerprint density at radius 1 is 1.75 bits per heavy atom. The van der Waals surface area contributed by atoms with E-state index in [0.29, 0.717) is 5.92 Å². The number of hydrogen-bond donors (Lipinski definition) is 0. The van der Waals surface area contributed by atoms with Gasteiger partial charge in [-0.05, 0) is 31.3 Å². The number of carbonyl (C=O) groups is 1. The van der Waals surface area contributed by atoms with E-state index in [1.807, 2.05) is 6.92 Å². The van der Waals surface area contributed by atoms with Crippen molar-refractivity contribution in [2.24, 2.45) is 11.8 Å². The molecule has 0 amide bonds. The van der Waals surface area contributed by atoms with Gasteiger partial charge in [0.2, 0.25) is 5.83 Å². The first-order valence-corrected chi connectivity index (χ1v) is 4.19. The van der Waals surface area contributed by atoms with Gasteiger partial charge in [0.15, 0.2) is 0 Å². The fraction of sp³-hybridized carbons (Fsp3) is 0.667. The zero-order chi connectivity index (χ0) is 9.14. The Balaban J connectivity index is 2.40. The molecule has 0 spiro atoms. The van der Waals surface area contributed by atoms with Crippen LogP contribution in [0.2, 0.25) is 0 Å². The highest BCUT2D eigenvalue weighted by Gasteiger charge is 2.31. The summed E-state index contributed by atoms with van der Waals surface area (Å²) in [6.45, 7) is 3.91. The normalized spacial score (nSPS) is 28.4. The van der Waals surface area contributed by atoms with E-state index in [1.54, 1.807) is 6.92 Å². The molecule has 1 saturated carbocycles. The van der Waals surface area contributed by atoms with Crippen LogP contribution in [-0.4, -0.2) is 12.6 Å². The Kier molecular flexibility index (Phi) is 2.84. The molecule has 0 heterocycles. The van der Waals surface area contributed by atoms with Crippen molar-refractivity contribution in [1.29, 1.82) is 0 Å². The van der Waals surface area contributed by atoms with Gasteiger partial charge in [-0.25, -0.2) is 4.79 Å². The summed E-state index contributed by atoms with van der Waals surface area (Å²) in [5, 5.41) is 0. The average molecular weight is 172 g/mol. The van der Waals surface area contributed by atoms with Crippen molar-refractivity contribution in [3.63, 3.8) is 0 Å². The van der Waals surface area contributed by atoms with Crippen LogP contribution in [-0.2, 0) is 9.53 Å². The van der Waals surface area contributed by atoms with Crippen molar-refractivity contribution < 1.29 is 13.9 Å². The molecule has 1 aliphatic rings. The van der Waals surface area contributed by atoms with Crippen LogP contribution in [0.1, 0.15) is 20.3 Å². The maximum Gasteiger partial charge on any atom is 0.366 e. The smallest absolute Gasteiger partial charge is 0.366 e. The SMILES string of the molecule is CCOC(=O)/C(F)=C\C1CC1C. The zero-order valence-corrected chi connectivity index (χ0v) is 7.34. The van der Waals surface area contributed by atoms with Crippen molar-refractivity contribution in [2.45, 2.75) is 20.3 Å². The molecule has 2 unspecified atom stereocenters. The molecule has 0 aromatic carbocycles. The fourth-order valence-corrected chi connectivity index (χ4v) is 1.04. The Labute approximate surface area is 71.4 Å². The standard InChI is InChI=1S/C9H13FO2/c1-3-12-9(11)8(10)5-7-4-6(7)2/h5-7H,3-4H2,1-2H3/b8-5+. The number of hydrogen-bond acceptors (Lipinski definition) is 2. The van der Waals surface area contributed by atoms with Crippen LogP contribution in [0.4, 0.5) is 4.39 Å². The summed E-state index contributed by atoms with van der Waals surface area (Å²) in [6, 6.07) is 0. The molecule has 0 saturated heterocycles. The molecule has 3 heteroatoms.